The summed E-state index contributed by atoms with van der Waals surface area (Å²) in [4.78, 5) is 5.91. The Hall–Kier alpha value is -3.06. The largest absolute Gasteiger partial charge is 0.488 e. The molecule has 5 rings (SSSR count). The van der Waals surface area contributed by atoms with Gasteiger partial charge in [0.05, 0.1) is 12.1 Å². The van der Waals surface area contributed by atoms with Crippen LogP contribution >= 0.6 is 12.4 Å². The van der Waals surface area contributed by atoms with Crippen molar-refractivity contribution in [3.05, 3.63) is 54.0 Å². The molecule has 1 fully saturated rings. The van der Waals surface area contributed by atoms with Crippen LogP contribution in [-0.2, 0) is 4.74 Å². The molecule has 198 valence electrons. The summed E-state index contributed by atoms with van der Waals surface area (Å²) in [5.41, 5.74) is 7.11. The van der Waals surface area contributed by atoms with Gasteiger partial charge in [-0.15, -0.1) is 22.6 Å². The fourth-order valence-corrected chi connectivity index (χ4v) is 4.49. The quantitative estimate of drug-likeness (QED) is 0.278. The lowest BCUT2D eigenvalue weighted by molar-refractivity contribution is -0.183. The summed E-state index contributed by atoms with van der Waals surface area (Å²) in [6.07, 6.45) is -2.59. The SMILES string of the molecule is COCCOc1cc2nc(-c3nnc4ccc([C@@H](N5CCC(N)C5)C(F)(F)F)cn34)ccc2cc1F.Cl. The van der Waals surface area contributed by atoms with Crippen LogP contribution in [0.15, 0.2) is 42.6 Å². The first-order chi connectivity index (χ1) is 17.2. The summed E-state index contributed by atoms with van der Waals surface area (Å²) in [6, 6.07) is 6.88. The molecule has 13 heteroatoms. The molecule has 3 aromatic heterocycles. The van der Waals surface area contributed by atoms with Crippen molar-refractivity contribution in [2.24, 2.45) is 5.73 Å². The van der Waals surface area contributed by atoms with Gasteiger partial charge in [-0.25, -0.2) is 9.37 Å². The molecule has 8 nitrogen and oxygen atoms in total. The van der Waals surface area contributed by atoms with Crippen LogP contribution in [0.1, 0.15) is 18.0 Å². The highest BCUT2D eigenvalue weighted by Gasteiger charge is 2.46. The smallest absolute Gasteiger partial charge is 0.408 e. The number of rotatable bonds is 7. The zero-order valence-electron chi connectivity index (χ0n) is 19.8. The zero-order valence-corrected chi connectivity index (χ0v) is 20.6. The summed E-state index contributed by atoms with van der Waals surface area (Å²) in [6.45, 7) is 0.880. The average molecular weight is 541 g/mol. The van der Waals surface area contributed by atoms with E-state index in [4.69, 9.17) is 15.2 Å². The first-order valence-corrected chi connectivity index (χ1v) is 11.4. The molecular weight excluding hydrogens is 516 g/mol. The Balaban J connectivity index is 0.00000320. The number of halogens is 5. The number of hydrogen-bond acceptors (Lipinski definition) is 7. The Morgan fingerprint density at radius 2 is 1.95 bits per heavy atom. The van der Waals surface area contributed by atoms with Gasteiger partial charge in [-0.05, 0) is 30.2 Å². The molecule has 2 atom stereocenters. The van der Waals surface area contributed by atoms with Crippen LogP contribution in [0.3, 0.4) is 0 Å². The third kappa shape index (κ3) is 5.47. The molecule has 4 heterocycles. The fraction of sp³-hybridized carbons (Fsp3) is 0.375. The van der Waals surface area contributed by atoms with Crippen LogP contribution in [0.25, 0.3) is 28.1 Å². The maximum Gasteiger partial charge on any atom is 0.408 e. The van der Waals surface area contributed by atoms with Crippen molar-refractivity contribution in [3.8, 4) is 17.3 Å². The van der Waals surface area contributed by atoms with Crippen molar-refractivity contribution in [2.75, 3.05) is 33.4 Å². The molecule has 0 saturated carbocycles. The van der Waals surface area contributed by atoms with Crippen LogP contribution < -0.4 is 10.5 Å². The highest BCUT2D eigenvalue weighted by molar-refractivity contribution is 5.85. The van der Waals surface area contributed by atoms with E-state index in [1.807, 2.05) is 0 Å². The second-order valence-electron chi connectivity index (χ2n) is 8.72. The molecule has 2 N–H and O–H groups in total. The van der Waals surface area contributed by atoms with E-state index >= 15 is 0 Å². The number of ether oxygens (including phenoxy) is 2. The van der Waals surface area contributed by atoms with E-state index in [-0.39, 0.29) is 55.3 Å². The molecule has 0 bridgehead atoms. The topological polar surface area (TPSA) is 90.8 Å². The second kappa shape index (κ2) is 10.7. The Bertz CT molecular complexity index is 1400. The molecular formula is C24H25ClF4N6O2. The summed E-state index contributed by atoms with van der Waals surface area (Å²) >= 11 is 0. The van der Waals surface area contributed by atoms with E-state index in [1.54, 1.807) is 12.1 Å². The van der Waals surface area contributed by atoms with E-state index in [2.05, 4.69) is 15.2 Å². The maximum atomic E-state index is 14.4. The van der Waals surface area contributed by atoms with Crippen molar-refractivity contribution in [3.63, 3.8) is 0 Å². The molecule has 1 saturated heterocycles. The number of benzene rings is 1. The van der Waals surface area contributed by atoms with Gasteiger partial charge in [0.25, 0.3) is 0 Å². The second-order valence-corrected chi connectivity index (χ2v) is 8.72. The van der Waals surface area contributed by atoms with E-state index < -0.39 is 18.0 Å². The van der Waals surface area contributed by atoms with Crippen molar-refractivity contribution in [1.82, 2.24) is 24.5 Å². The van der Waals surface area contributed by atoms with Crippen molar-refractivity contribution < 1.29 is 27.0 Å². The first-order valence-electron chi connectivity index (χ1n) is 11.4. The number of nitrogens with two attached hydrogens (primary N) is 1. The van der Waals surface area contributed by atoms with E-state index in [0.29, 0.717) is 35.3 Å². The minimum absolute atomic E-state index is 0. The van der Waals surface area contributed by atoms with Crippen molar-refractivity contribution in [1.29, 1.82) is 0 Å². The molecule has 0 radical (unpaired) electrons. The molecule has 0 spiro atoms. The monoisotopic (exact) mass is 540 g/mol. The van der Waals surface area contributed by atoms with E-state index in [9.17, 15) is 17.6 Å². The third-order valence-corrected chi connectivity index (χ3v) is 6.19. The summed E-state index contributed by atoms with van der Waals surface area (Å²) in [5, 5.41) is 8.78. The number of likely N-dealkylation sites (tertiary alicyclic amines) is 1. The Kier molecular flexibility index (Phi) is 7.83. The van der Waals surface area contributed by atoms with Gasteiger partial charge in [0, 0.05) is 43.9 Å². The van der Waals surface area contributed by atoms with Gasteiger partial charge in [-0.1, -0.05) is 12.1 Å². The van der Waals surface area contributed by atoms with Crippen LogP contribution in [0, 0.1) is 5.82 Å². The number of alkyl halides is 3. The van der Waals surface area contributed by atoms with Gasteiger partial charge < -0.3 is 15.2 Å². The molecule has 1 aromatic carbocycles. The Morgan fingerprint density at radius 1 is 1.14 bits per heavy atom. The molecule has 0 aliphatic carbocycles. The third-order valence-electron chi connectivity index (χ3n) is 6.19. The van der Waals surface area contributed by atoms with Gasteiger partial charge in [-0.2, -0.15) is 13.2 Å². The minimum atomic E-state index is -4.49. The Morgan fingerprint density at radius 3 is 2.65 bits per heavy atom. The van der Waals surface area contributed by atoms with Gasteiger partial charge in [0.15, 0.2) is 23.0 Å². The van der Waals surface area contributed by atoms with Crippen molar-refractivity contribution >= 4 is 29.0 Å². The molecule has 1 unspecified atom stereocenters. The molecule has 0 amide bonds. The number of aromatic nitrogens is 4. The van der Waals surface area contributed by atoms with Crippen LogP contribution in [0.2, 0.25) is 0 Å². The number of methoxy groups -OCH3 is 1. The van der Waals surface area contributed by atoms with E-state index in [1.165, 1.54) is 46.9 Å². The van der Waals surface area contributed by atoms with Crippen LogP contribution in [-0.4, -0.2) is 70.1 Å². The van der Waals surface area contributed by atoms with Gasteiger partial charge in [0.2, 0.25) is 0 Å². The normalized spacial score (nSPS) is 17.3. The van der Waals surface area contributed by atoms with Crippen LogP contribution in [0.5, 0.6) is 5.75 Å². The highest BCUT2D eigenvalue weighted by atomic mass is 35.5. The lowest BCUT2D eigenvalue weighted by Crippen LogP contribution is -2.38. The Labute approximate surface area is 215 Å². The maximum absolute atomic E-state index is 14.4. The summed E-state index contributed by atoms with van der Waals surface area (Å²) < 4.78 is 68.5. The lowest BCUT2D eigenvalue weighted by Gasteiger charge is -2.30. The number of hydrogen-bond donors (Lipinski definition) is 1. The average Bonchev–Trinajstić information content (AvgIpc) is 3.44. The lowest BCUT2D eigenvalue weighted by atomic mass is 10.1. The van der Waals surface area contributed by atoms with E-state index in [0.717, 1.165) is 0 Å². The zero-order chi connectivity index (χ0) is 25.4. The first kappa shape index (κ1) is 27.0. The molecule has 4 aromatic rings. The predicted octanol–water partition coefficient (Wildman–Crippen LogP) is 4.17. The molecule has 1 aliphatic heterocycles. The van der Waals surface area contributed by atoms with Gasteiger partial charge in [-0.3, -0.25) is 9.30 Å². The predicted molar refractivity (Wildman–Crippen MR) is 131 cm³/mol. The fourth-order valence-electron chi connectivity index (χ4n) is 4.49. The minimum Gasteiger partial charge on any atom is -0.488 e. The van der Waals surface area contributed by atoms with Gasteiger partial charge >= 0.3 is 6.18 Å². The van der Waals surface area contributed by atoms with Gasteiger partial charge in [0.1, 0.15) is 18.3 Å². The summed E-state index contributed by atoms with van der Waals surface area (Å²) in [7, 11) is 1.51. The highest BCUT2D eigenvalue weighted by Crippen LogP contribution is 2.39. The standard InChI is InChI=1S/C24H24F4N6O2.ClH/c1-35-8-9-36-20-11-19-14(10-17(20)25)2-4-18(30-19)23-32-31-21-5-3-15(12-34(21)23)22(24(26,27)28)33-7-6-16(29)13-33;/h2-5,10-12,16,22H,6-9,13,29H2,1H3;1H/t16?,22-;/m1./s1. The van der Waals surface area contributed by atoms with Crippen molar-refractivity contribution in [2.45, 2.75) is 24.7 Å². The molecule has 37 heavy (non-hydrogen) atoms. The summed E-state index contributed by atoms with van der Waals surface area (Å²) in [5.74, 6) is -0.251. The van der Waals surface area contributed by atoms with Crippen LogP contribution in [0.4, 0.5) is 17.6 Å². The number of nitrogens with zero attached hydrogens (tertiary/aromatic N) is 5. The number of fused-ring (bicyclic) bond motifs is 2. The number of pyridine rings is 2. The molecule has 1 aliphatic rings.